The molecule has 0 atom stereocenters. The molecule has 0 N–H and O–H groups in total. The molecule has 0 spiro atoms. The van der Waals surface area contributed by atoms with Crippen LogP contribution in [-0.4, -0.2) is 15.2 Å². The number of fused-ring (bicyclic) bond motifs is 1. The van der Waals surface area contributed by atoms with Gasteiger partial charge >= 0.3 is 0 Å². The minimum atomic E-state index is 0.129. The molecule has 0 aromatic carbocycles. The minimum Gasteiger partial charge on any atom is -0.235 e. The predicted octanol–water partition coefficient (Wildman–Crippen LogP) is 2.32. The van der Waals surface area contributed by atoms with Crippen LogP contribution in [0.25, 0.3) is 11.0 Å². The molecule has 2 aromatic rings. The van der Waals surface area contributed by atoms with E-state index in [0.29, 0.717) is 5.65 Å². The molecule has 0 saturated heterocycles. The van der Waals surface area contributed by atoms with Crippen molar-refractivity contribution in [2.45, 2.75) is 26.2 Å². The summed E-state index contributed by atoms with van der Waals surface area (Å²) in [5.41, 5.74) is 2.06. The number of nitrogens with zero attached hydrogens (tertiary/aromatic N) is 3. The maximum Gasteiger partial charge on any atom is 0.181 e. The van der Waals surface area contributed by atoms with Crippen molar-refractivity contribution in [2.24, 2.45) is 0 Å². The van der Waals surface area contributed by atoms with Gasteiger partial charge in [0.25, 0.3) is 0 Å². The van der Waals surface area contributed by atoms with Gasteiger partial charge in [0, 0.05) is 11.6 Å². The molecule has 2 heterocycles. The molecular formula is C11H13N3. The van der Waals surface area contributed by atoms with Crippen LogP contribution in [0.3, 0.4) is 0 Å². The smallest absolute Gasteiger partial charge is 0.181 e. The van der Waals surface area contributed by atoms with Crippen LogP contribution in [0.1, 0.15) is 26.3 Å². The van der Waals surface area contributed by atoms with Gasteiger partial charge in [-0.2, -0.15) is 5.10 Å². The molecule has 2 rings (SSSR count). The Hall–Kier alpha value is -1.51. The lowest BCUT2D eigenvalue weighted by atomic mass is 9.88. The van der Waals surface area contributed by atoms with Crippen LogP contribution in [0, 0.1) is 0 Å². The summed E-state index contributed by atoms with van der Waals surface area (Å²) in [4.78, 5) is 4.27. The van der Waals surface area contributed by atoms with Crippen LogP contribution in [-0.2, 0) is 5.41 Å². The summed E-state index contributed by atoms with van der Waals surface area (Å²) in [5.74, 6) is 0. The monoisotopic (exact) mass is 187 g/mol. The molecule has 0 aliphatic carbocycles. The van der Waals surface area contributed by atoms with Crippen molar-refractivity contribution in [1.82, 2.24) is 15.2 Å². The Labute approximate surface area is 83.2 Å². The fourth-order valence-corrected chi connectivity index (χ4v) is 1.29. The lowest BCUT2D eigenvalue weighted by Gasteiger charge is -2.18. The molecule has 2 aromatic heterocycles. The van der Waals surface area contributed by atoms with Gasteiger partial charge in [0.15, 0.2) is 5.65 Å². The summed E-state index contributed by atoms with van der Waals surface area (Å²) in [6, 6.07) is 4.06. The normalized spacial score (nSPS) is 11.9. The first-order valence-electron chi connectivity index (χ1n) is 4.65. The number of hydrogen-bond donors (Lipinski definition) is 0. The van der Waals surface area contributed by atoms with Crippen molar-refractivity contribution < 1.29 is 0 Å². The lowest BCUT2D eigenvalue weighted by molar-refractivity contribution is 0.588. The summed E-state index contributed by atoms with van der Waals surface area (Å²) >= 11 is 0. The van der Waals surface area contributed by atoms with E-state index in [4.69, 9.17) is 0 Å². The number of aromatic nitrogens is 3. The fourth-order valence-electron chi connectivity index (χ4n) is 1.29. The summed E-state index contributed by atoms with van der Waals surface area (Å²) in [5, 5.41) is 8.78. The van der Waals surface area contributed by atoms with Gasteiger partial charge in [0.05, 0.1) is 6.20 Å². The highest BCUT2D eigenvalue weighted by Crippen LogP contribution is 2.23. The van der Waals surface area contributed by atoms with Crippen LogP contribution in [0.5, 0.6) is 0 Å². The molecule has 0 radical (unpaired) electrons. The lowest BCUT2D eigenvalue weighted by Crippen LogP contribution is -2.11. The van der Waals surface area contributed by atoms with Crippen LogP contribution in [0.15, 0.2) is 24.5 Å². The second-order valence-corrected chi connectivity index (χ2v) is 4.42. The van der Waals surface area contributed by atoms with E-state index >= 15 is 0 Å². The molecular weight excluding hydrogens is 174 g/mol. The van der Waals surface area contributed by atoms with Gasteiger partial charge in [0.1, 0.15) is 0 Å². The Morgan fingerprint density at radius 2 is 2.00 bits per heavy atom. The third-order valence-electron chi connectivity index (χ3n) is 2.23. The molecule has 0 saturated carbocycles. The molecule has 14 heavy (non-hydrogen) atoms. The number of pyridine rings is 1. The van der Waals surface area contributed by atoms with Gasteiger partial charge in [-0.1, -0.05) is 20.8 Å². The molecule has 0 aliphatic heterocycles. The van der Waals surface area contributed by atoms with Crippen molar-refractivity contribution in [3.05, 3.63) is 30.1 Å². The predicted molar refractivity (Wildman–Crippen MR) is 56.0 cm³/mol. The highest BCUT2D eigenvalue weighted by Gasteiger charge is 2.14. The Bertz CT molecular complexity index is 457. The fraction of sp³-hybridized carbons (Fsp3) is 0.364. The quantitative estimate of drug-likeness (QED) is 0.635. The third-order valence-corrected chi connectivity index (χ3v) is 2.23. The van der Waals surface area contributed by atoms with Crippen LogP contribution < -0.4 is 0 Å². The molecule has 0 unspecified atom stereocenters. The third kappa shape index (κ3) is 1.58. The Balaban J connectivity index is 2.63. The molecule has 0 aliphatic rings. The molecule has 3 heteroatoms. The zero-order chi connectivity index (χ0) is 10.2. The van der Waals surface area contributed by atoms with Gasteiger partial charge in [-0.3, -0.25) is 0 Å². The minimum absolute atomic E-state index is 0.129. The van der Waals surface area contributed by atoms with Gasteiger partial charge in [-0.25, -0.2) is 4.98 Å². The first-order chi connectivity index (χ1) is 6.57. The van der Waals surface area contributed by atoms with E-state index in [9.17, 15) is 0 Å². The first kappa shape index (κ1) is 9.06. The Morgan fingerprint density at radius 3 is 2.71 bits per heavy atom. The van der Waals surface area contributed by atoms with Crippen molar-refractivity contribution in [1.29, 1.82) is 0 Å². The maximum absolute atomic E-state index is 4.27. The van der Waals surface area contributed by atoms with E-state index in [1.165, 1.54) is 5.56 Å². The first-order valence-corrected chi connectivity index (χ1v) is 4.65. The number of rotatable bonds is 0. The van der Waals surface area contributed by atoms with Gasteiger partial charge < -0.3 is 0 Å². The number of hydrogen-bond acceptors (Lipinski definition) is 3. The second kappa shape index (κ2) is 3.01. The highest BCUT2D eigenvalue weighted by atomic mass is 15.1. The van der Waals surface area contributed by atoms with Crippen LogP contribution in [0.4, 0.5) is 0 Å². The molecule has 0 fully saturated rings. The Morgan fingerprint density at radius 1 is 1.21 bits per heavy atom. The van der Waals surface area contributed by atoms with Crippen molar-refractivity contribution in [2.75, 3.05) is 0 Å². The van der Waals surface area contributed by atoms with E-state index in [0.717, 1.165) is 5.39 Å². The van der Waals surface area contributed by atoms with Crippen molar-refractivity contribution in [3.8, 4) is 0 Å². The highest BCUT2D eigenvalue weighted by molar-refractivity contribution is 5.74. The zero-order valence-electron chi connectivity index (χ0n) is 8.65. The van der Waals surface area contributed by atoms with E-state index in [1.807, 2.05) is 12.3 Å². The van der Waals surface area contributed by atoms with Gasteiger partial charge in [-0.05, 0) is 23.1 Å². The van der Waals surface area contributed by atoms with Crippen LogP contribution in [0.2, 0.25) is 0 Å². The van der Waals surface area contributed by atoms with E-state index < -0.39 is 0 Å². The second-order valence-electron chi connectivity index (χ2n) is 4.42. The Kier molecular flexibility index (Phi) is 1.95. The van der Waals surface area contributed by atoms with Gasteiger partial charge in [-0.15, -0.1) is 5.10 Å². The summed E-state index contributed by atoms with van der Waals surface area (Å²) < 4.78 is 0. The zero-order valence-corrected chi connectivity index (χ0v) is 8.65. The summed E-state index contributed by atoms with van der Waals surface area (Å²) in [6.07, 6.45) is 3.56. The maximum atomic E-state index is 4.27. The largest absolute Gasteiger partial charge is 0.235 e. The van der Waals surface area contributed by atoms with E-state index in [1.54, 1.807) is 6.20 Å². The molecule has 72 valence electrons. The average Bonchev–Trinajstić information content (AvgIpc) is 2.16. The summed E-state index contributed by atoms with van der Waals surface area (Å²) in [7, 11) is 0. The van der Waals surface area contributed by atoms with Gasteiger partial charge in [0.2, 0.25) is 0 Å². The topological polar surface area (TPSA) is 38.7 Å². The average molecular weight is 187 g/mol. The SMILES string of the molecule is CC(C)(C)c1cnc2nnccc2c1. The molecule has 0 amide bonds. The molecule has 0 bridgehead atoms. The molecule has 3 nitrogen and oxygen atoms in total. The van der Waals surface area contributed by atoms with E-state index in [-0.39, 0.29) is 5.41 Å². The summed E-state index contributed by atoms with van der Waals surface area (Å²) in [6.45, 7) is 6.51. The van der Waals surface area contributed by atoms with E-state index in [2.05, 4.69) is 42.0 Å². The standard InChI is InChI=1S/C11H13N3/c1-11(2,3)9-6-8-4-5-13-14-10(8)12-7-9/h4-7H,1-3H3. The van der Waals surface area contributed by atoms with Crippen molar-refractivity contribution in [3.63, 3.8) is 0 Å². The van der Waals surface area contributed by atoms with Crippen LogP contribution >= 0.6 is 0 Å². The van der Waals surface area contributed by atoms with Crippen molar-refractivity contribution >= 4 is 11.0 Å².